The third-order valence-corrected chi connectivity index (χ3v) is 8.43. The van der Waals surface area contributed by atoms with Crippen LogP contribution in [0.2, 0.25) is 0 Å². The van der Waals surface area contributed by atoms with Crippen molar-refractivity contribution in [3.63, 3.8) is 0 Å². The molecule has 0 amide bonds. The van der Waals surface area contributed by atoms with Gasteiger partial charge in [-0.2, -0.15) is 0 Å². The van der Waals surface area contributed by atoms with Gasteiger partial charge >= 0.3 is 11.9 Å². The van der Waals surface area contributed by atoms with Crippen molar-refractivity contribution in [2.45, 2.75) is 142 Å². The number of unbranched alkanes of at least 4 members (excludes halogenated alkanes) is 16. The zero-order chi connectivity index (χ0) is 30.3. The van der Waals surface area contributed by atoms with E-state index >= 15 is 0 Å². The van der Waals surface area contributed by atoms with Crippen LogP contribution >= 0.6 is 0 Å². The van der Waals surface area contributed by atoms with Crippen LogP contribution in [0.15, 0.2) is 23.2 Å². The molecule has 2 heterocycles. The number of hydrogen-bond acceptors (Lipinski definition) is 7. The van der Waals surface area contributed by atoms with Crippen LogP contribution in [-0.2, 0) is 20.7 Å². The van der Waals surface area contributed by atoms with E-state index in [-0.39, 0.29) is 39.9 Å². The van der Waals surface area contributed by atoms with Gasteiger partial charge < -0.3 is 24.4 Å². The summed E-state index contributed by atoms with van der Waals surface area (Å²) in [6.45, 7) is 4.43. The number of hydrogen-bond donors (Lipinski definition) is 2. The number of benzene rings is 1. The molecule has 2 N–H and O–H groups in total. The molecule has 0 fully saturated rings. The summed E-state index contributed by atoms with van der Waals surface area (Å²) in [5.41, 5.74) is 1.05. The number of carbonyl (C=O) groups is 2. The largest absolute Gasteiger partial charge is 0.504 e. The lowest BCUT2D eigenvalue weighted by Crippen LogP contribution is -2.06. The Bertz CT molecular complexity index is 1110. The lowest BCUT2D eigenvalue weighted by molar-refractivity contribution is -0.133. The highest BCUT2D eigenvalue weighted by Crippen LogP contribution is 2.49. The summed E-state index contributed by atoms with van der Waals surface area (Å²) < 4.78 is 16.5. The van der Waals surface area contributed by atoms with Crippen molar-refractivity contribution in [2.75, 3.05) is 7.11 Å². The van der Waals surface area contributed by atoms with Crippen LogP contribution in [0.25, 0.3) is 5.57 Å². The molecule has 0 atom stereocenters. The Balaban J connectivity index is 1.66. The van der Waals surface area contributed by atoms with Gasteiger partial charge in [0.25, 0.3) is 0 Å². The summed E-state index contributed by atoms with van der Waals surface area (Å²) in [6, 6.07) is 1.51. The maximum atomic E-state index is 13.1. The summed E-state index contributed by atoms with van der Waals surface area (Å²) in [4.78, 5) is 25.8. The molecule has 0 unspecified atom stereocenters. The van der Waals surface area contributed by atoms with Crippen molar-refractivity contribution < 1.29 is 34.0 Å². The van der Waals surface area contributed by atoms with E-state index in [0.717, 1.165) is 38.5 Å². The van der Waals surface area contributed by atoms with Gasteiger partial charge in [-0.05, 0) is 31.7 Å². The highest BCUT2D eigenvalue weighted by atomic mass is 16.6. The van der Waals surface area contributed by atoms with Crippen LogP contribution in [-0.4, -0.2) is 29.3 Å². The summed E-state index contributed by atoms with van der Waals surface area (Å²) in [7, 11) is 1.45. The Morgan fingerprint density at radius 3 is 1.69 bits per heavy atom. The topological polar surface area (TPSA) is 102 Å². The molecule has 3 rings (SSSR count). The van der Waals surface area contributed by atoms with Gasteiger partial charge in [0, 0.05) is 11.1 Å². The van der Waals surface area contributed by atoms with Crippen LogP contribution < -0.4 is 9.47 Å². The third-order valence-electron chi connectivity index (χ3n) is 8.43. The number of aromatic hydroxyl groups is 1. The number of esters is 2. The van der Waals surface area contributed by atoms with Crippen molar-refractivity contribution >= 4 is 17.5 Å². The van der Waals surface area contributed by atoms with E-state index in [1.54, 1.807) is 0 Å². The first kappa shape index (κ1) is 33.5. The van der Waals surface area contributed by atoms with Crippen molar-refractivity contribution in [3.05, 3.63) is 34.3 Å². The average Bonchev–Trinajstić information content (AvgIpc) is 3.45. The first-order valence-corrected chi connectivity index (χ1v) is 16.5. The fourth-order valence-electron chi connectivity index (χ4n) is 5.89. The molecular formula is C35H52O7. The van der Waals surface area contributed by atoms with Gasteiger partial charge in [0.05, 0.1) is 12.7 Å². The van der Waals surface area contributed by atoms with E-state index in [0.29, 0.717) is 24.0 Å². The van der Waals surface area contributed by atoms with E-state index in [4.69, 9.17) is 14.2 Å². The predicted molar refractivity (Wildman–Crippen MR) is 166 cm³/mol. The second-order valence-electron chi connectivity index (χ2n) is 11.7. The van der Waals surface area contributed by atoms with Gasteiger partial charge in [-0.25, -0.2) is 9.59 Å². The maximum Gasteiger partial charge on any atom is 0.348 e. The summed E-state index contributed by atoms with van der Waals surface area (Å²) in [5, 5.41) is 21.9. The molecule has 0 spiro atoms. The highest BCUT2D eigenvalue weighted by Gasteiger charge is 2.41. The van der Waals surface area contributed by atoms with Crippen LogP contribution in [0.1, 0.15) is 147 Å². The Morgan fingerprint density at radius 1 is 0.667 bits per heavy atom. The number of cyclic esters (lactones) is 1. The lowest BCUT2D eigenvalue weighted by atomic mass is 9.96. The van der Waals surface area contributed by atoms with Crippen molar-refractivity contribution in [2.24, 2.45) is 0 Å². The molecule has 0 saturated heterocycles. The zero-order valence-corrected chi connectivity index (χ0v) is 26.2. The van der Waals surface area contributed by atoms with Crippen molar-refractivity contribution in [3.8, 4) is 17.2 Å². The van der Waals surface area contributed by atoms with Crippen molar-refractivity contribution in [1.29, 1.82) is 0 Å². The number of phenols is 1. The minimum Gasteiger partial charge on any atom is -0.504 e. The fraction of sp³-hybridized carbons (Fsp3) is 0.657. The second kappa shape index (κ2) is 17.9. The number of rotatable bonds is 21. The summed E-state index contributed by atoms with van der Waals surface area (Å²) in [6.07, 6.45) is 21.7. The maximum absolute atomic E-state index is 13.1. The molecule has 1 aromatic carbocycles. The number of aliphatic hydroxyl groups excluding tert-OH is 1. The minimum atomic E-state index is -0.718. The predicted octanol–water partition coefficient (Wildman–Crippen LogP) is 9.39. The van der Waals surface area contributed by atoms with Gasteiger partial charge in [-0.1, -0.05) is 117 Å². The molecule has 0 bridgehead atoms. The SMILES string of the molecule is CCCCCCCCCCCC1=C(O)C(=C2C(=O)Oc3c2cc(OC)c(O)c3CCCCCCCCCCC)OC1=O. The molecule has 234 valence electrons. The molecule has 0 aromatic heterocycles. The molecule has 0 radical (unpaired) electrons. The standard InChI is InChI=1S/C35H52O7/c1-4-6-8-10-12-14-16-18-20-22-25-30(36)28(40-3)24-27-29(35(39)41-32(25)27)33-31(37)26(34(38)42-33)23-21-19-17-15-13-11-9-7-5-2/h24,36-37H,4-23H2,1-3H3. The molecule has 2 aliphatic heterocycles. The smallest absolute Gasteiger partial charge is 0.348 e. The van der Waals surface area contributed by atoms with Gasteiger partial charge in [-0.15, -0.1) is 0 Å². The Hall–Kier alpha value is -2.96. The molecular weight excluding hydrogens is 532 g/mol. The van der Waals surface area contributed by atoms with E-state index in [9.17, 15) is 19.8 Å². The van der Waals surface area contributed by atoms with Crippen LogP contribution in [0.3, 0.4) is 0 Å². The Kier molecular flexibility index (Phi) is 14.3. The van der Waals surface area contributed by atoms with Gasteiger partial charge in [0.15, 0.2) is 23.0 Å². The van der Waals surface area contributed by atoms with Gasteiger partial charge in [0.1, 0.15) is 11.3 Å². The first-order chi connectivity index (χ1) is 20.4. The fourth-order valence-corrected chi connectivity index (χ4v) is 5.89. The molecule has 7 heteroatoms. The third kappa shape index (κ3) is 9.02. The normalized spacial score (nSPS) is 16.3. The highest BCUT2D eigenvalue weighted by molar-refractivity contribution is 6.24. The van der Waals surface area contributed by atoms with E-state index < -0.39 is 11.9 Å². The number of aliphatic hydroxyl groups is 1. The number of phenolic OH excluding ortho intramolecular Hbond substituents is 1. The Labute approximate surface area is 252 Å². The summed E-state index contributed by atoms with van der Waals surface area (Å²) >= 11 is 0. The van der Waals surface area contributed by atoms with Gasteiger partial charge in [0.2, 0.25) is 0 Å². The molecule has 0 aliphatic carbocycles. The first-order valence-electron chi connectivity index (χ1n) is 16.5. The summed E-state index contributed by atoms with van der Waals surface area (Å²) in [5.74, 6) is -1.41. The monoisotopic (exact) mass is 584 g/mol. The molecule has 42 heavy (non-hydrogen) atoms. The minimum absolute atomic E-state index is 0.00967. The number of ether oxygens (including phenoxy) is 3. The lowest BCUT2D eigenvalue weighted by Gasteiger charge is -2.13. The quantitative estimate of drug-likeness (QED) is 0.0642. The average molecular weight is 585 g/mol. The molecule has 0 saturated carbocycles. The van der Waals surface area contributed by atoms with E-state index in [1.165, 1.54) is 90.2 Å². The number of methoxy groups -OCH3 is 1. The molecule has 7 nitrogen and oxygen atoms in total. The van der Waals surface area contributed by atoms with Crippen molar-refractivity contribution in [1.82, 2.24) is 0 Å². The Morgan fingerprint density at radius 2 is 1.17 bits per heavy atom. The van der Waals surface area contributed by atoms with Gasteiger partial charge in [-0.3, -0.25) is 0 Å². The van der Waals surface area contributed by atoms with Crippen LogP contribution in [0.4, 0.5) is 0 Å². The number of carbonyl (C=O) groups excluding carboxylic acids is 2. The van der Waals surface area contributed by atoms with E-state index in [2.05, 4.69) is 13.8 Å². The zero-order valence-electron chi connectivity index (χ0n) is 26.2. The van der Waals surface area contributed by atoms with Crippen LogP contribution in [0, 0.1) is 0 Å². The molecule has 1 aromatic rings. The van der Waals surface area contributed by atoms with Crippen LogP contribution in [0.5, 0.6) is 17.2 Å². The second-order valence-corrected chi connectivity index (χ2v) is 11.7. The van der Waals surface area contributed by atoms with E-state index in [1.807, 2.05) is 0 Å². The molecule has 2 aliphatic rings. The number of fused-ring (bicyclic) bond motifs is 1.